The Labute approximate surface area is 164 Å². The van der Waals surface area contributed by atoms with E-state index in [1.54, 1.807) is 25.4 Å². The molecule has 0 spiro atoms. The number of pyridine rings is 1. The average Bonchev–Trinajstić information content (AvgIpc) is 2.70. The van der Waals surface area contributed by atoms with Crippen molar-refractivity contribution in [2.45, 2.75) is 38.1 Å². The van der Waals surface area contributed by atoms with Gasteiger partial charge in [0.25, 0.3) is 0 Å². The normalized spacial score (nSPS) is 14.3. The molecule has 2 aromatic rings. The van der Waals surface area contributed by atoms with E-state index in [1.807, 2.05) is 30.3 Å². The Morgan fingerprint density at radius 1 is 1.15 bits per heavy atom. The number of anilines is 2. The number of carbonyl (C=O) groups excluding carboxylic acids is 1. The summed E-state index contributed by atoms with van der Waals surface area (Å²) in [5.41, 5.74) is 1.50. The van der Waals surface area contributed by atoms with Crippen molar-refractivity contribution in [2.75, 3.05) is 17.3 Å². The van der Waals surface area contributed by atoms with E-state index >= 15 is 0 Å². The van der Waals surface area contributed by atoms with Crippen molar-refractivity contribution in [1.82, 2.24) is 10.3 Å². The molecule has 1 amide bonds. The maximum absolute atomic E-state index is 12.2. The van der Waals surface area contributed by atoms with E-state index in [2.05, 4.69) is 15.6 Å². The molecular formula is C20H24N4O2S. The highest BCUT2D eigenvalue weighted by Crippen LogP contribution is 2.18. The molecule has 0 bridgehead atoms. The standard InChI is InChI=1S/C20H24N4O2S/c1-24(17-10-6-3-7-11-17)20(25)26-18-13-12-16(14-21-18)23-19(27)22-15-8-4-2-5-9-15/h3,6-7,10-15H,2,4-5,8-9H2,1H3,(H2,22,23,27). The molecule has 2 N–H and O–H groups in total. The van der Waals surface area contributed by atoms with E-state index in [9.17, 15) is 4.79 Å². The highest BCUT2D eigenvalue weighted by atomic mass is 32.1. The van der Waals surface area contributed by atoms with Gasteiger partial charge in [-0.05, 0) is 43.3 Å². The lowest BCUT2D eigenvalue weighted by Crippen LogP contribution is -2.38. The van der Waals surface area contributed by atoms with Gasteiger partial charge in [-0.25, -0.2) is 9.78 Å². The van der Waals surface area contributed by atoms with Gasteiger partial charge in [-0.15, -0.1) is 0 Å². The SMILES string of the molecule is CN(C(=O)Oc1ccc(NC(=S)NC2CCCCC2)cn1)c1ccccc1. The van der Waals surface area contributed by atoms with Gasteiger partial charge in [0.1, 0.15) is 0 Å². The van der Waals surface area contributed by atoms with Crippen molar-refractivity contribution in [3.8, 4) is 5.88 Å². The summed E-state index contributed by atoms with van der Waals surface area (Å²) in [6.45, 7) is 0. The monoisotopic (exact) mass is 384 g/mol. The van der Waals surface area contributed by atoms with Crippen LogP contribution in [-0.2, 0) is 0 Å². The number of hydrogen-bond donors (Lipinski definition) is 2. The van der Waals surface area contributed by atoms with Crippen molar-refractivity contribution in [3.63, 3.8) is 0 Å². The van der Waals surface area contributed by atoms with Gasteiger partial charge in [0.2, 0.25) is 5.88 Å². The Morgan fingerprint density at radius 3 is 2.56 bits per heavy atom. The number of rotatable bonds is 4. The molecule has 1 aliphatic rings. The predicted octanol–water partition coefficient (Wildman–Crippen LogP) is 4.34. The van der Waals surface area contributed by atoms with Crippen LogP contribution in [0.15, 0.2) is 48.7 Å². The summed E-state index contributed by atoms with van der Waals surface area (Å²) in [6.07, 6.45) is 7.22. The van der Waals surface area contributed by atoms with Crippen LogP contribution in [0.25, 0.3) is 0 Å². The van der Waals surface area contributed by atoms with Gasteiger partial charge in [-0.3, -0.25) is 4.90 Å². The van der Waals surface area contributed by atoms with Gasteiger partial charge in [-0.2, -0.15) is 0 Å². The molecular weight excluding hydrogens is 360 g/mol. The quantitative estimate of drug-likeness (QED) is 0.765. The van der Waals surface area contributed by atoms with E-state index in [-0.39, 0.29) is 5.88 Å². The molecule has 0 saturated heterocycles. The highest BCUT2D eigenvalue weighted by molar-refractivity contribution is 7.80. The van der Waals surface area contributed by atoms with Gasteiger partial charge in [0, 0.05) is 24.8 Å². The lowest BCUT2D eigenvalue weighted by molar-refractivity contribution is 0.207. The summed E-state index contributed by atoms with van der Waals surface area (Å²) in [5, 5.41) is 7.07. The molecule has 1 fully saturated rings. The van der Waals surface area contributed by atoms with Gasteiger partial charge >= 0.3 is 6.09 Å². The van der Waals surface area contributed by atoms with Crippen LogP contribution in [0.3, 0.4) is 0 Å². The first-order chi connectivity index (χ1) is 13.1. The maximum Gasteiger partial charge on any atom is 0.420 e. The molecule has 27 heavy (non-hydrogen) atoms. The first-order valence-electron chi connectivity index (χ1n) is 9.16. The minimum atomic E-state index is -0.496. The van der Waals surface area contributed by atoms with E-state index < -0.39 is 6.09 Å². The second-order valence-corrected chi connectivity index (χ2v) is 6.99. The third-order valence-electron chi connectivity index (χ3n) is 4.54. The molecule has 1 aromatic heterocycles. The van der Waals surface area contributed by atoms with Crippen LogP contribution < -0.4 is 20.3 Å². The van der Waals surface area contributed by atoms with Crippen LogP contribution in [0.4, 0.5) is 16.2 Å². The molecule has 0 atom stereocenters. The van der Waals surface area contributed by atoms with Crippen LogP contribution in [0, 0.1) is 0 Å². The number of nitrogens with zero attached hydrogens (tertiary/aromatic N) is 2. The molecule has 0 aliphatic heterocycles. The number of aromatic nitrogens is 1. The molecule has 7 heteroatoms. The molecule has 6 nitrogen and oxygen atoms in total. The zero-order valence-corrected chi connectivity index (χ0v) is 16.2. The van der Waals surface area contributed by atoms with Crippen molar-refractivity contribution >= 4 is 34.8 Å². The van der Waals surface area contributed by atoms with Gasteiger partial charge < -0.3 is 15.4 Å². The van der Waals surface area contributed by atoms with Crippen LogP contribution >= 0.6 is 12.2 Å². The number of para-hydroxylation sites is 1. The fraction of sp³-hybridized carbons (Fsp3) is 0.350. The third kappa shape index (κ3) is 5.65. The van der Waals surface area contributed by atoms with Crippen molar-refractivity contribution < 1.29 is 9.53 Å². The molecule has 1 heterocycles. The first-order valence-corrected chi connectivity index (χ1v) is 9.57. The van der Waals surface area contributed by atoms with Gasteiger partial charge in [0.05, 0.1) is 11.9 Å². The number of nitrogens with one attached hydrogen (secondary N) is 2. The zero-order chi connectivity index (χ0) is 19.1. The molecule has 3 rings (SSSR count). The van der Waals surface area contributed by atoms with Crippen LogP contribution in [0.1, 0.15) is 32.1 Å². The summed E-state index contributed by atoms with van der Waals surface area (Å²) < 4.78 is 5.31. The Hall–Kier alpha value is -2.67. The second-order valence-electron chi connectivity index (χ2n) is 6.58. The van der Waals surface area contributed by atoms with E-state index in [1.165, 1.54) is 24.2 Å². The predicted molar refractivity (Wildman–Crippen MR) is 111 cm³/mol. The van der Waals surface area contributed by atoms with Crippen LogP contribution in [0.5, 0.6) is 5.88 Å². The smallest absolute Gasteiger partial charge is 0.391 e. The molecule has 1 saturated carbocycles. The molecule has 0 radical (unpaired) electrons. The topological polar surface area (TPSA) is 66.5 Å². The summed E-state index contributed by atoms with van der Waals surface area (Å²) >= 11 is 5.37. The summed E-state index contributed by atoms with van der Waals surface area (Å²) in [5.74, 6) is 0.236. The lowest BCUT2D eigenvalue weighted by Gasteiger charge is -2.24. The number of hydrogen-bond acceptors (Lipinski definition) is 4. The lowest BCUT2D eigenvalue weighted by atomic mass is 9.96. The maximum atomic E-state index is 12.2. The second kappa shape index (κ2) is 9.32. The fourth-order valence-corrected chi connectivity index (χ4v) is 3.31. The number of ether oxygens (including phenoxy) is 1. The van der Waals surface area contributed by atoms with E-state index in [0.717, 1.165) is 24.2 Å². The van der Waals surface area contributed by atoms with Crippen molar-refractivity contribution in [2.24, 2.45) is 0 Å². The average molecular weight is 385 g/mol. The summed E-state index contributed by atoms with van der Waals surface area (Å²) in [7, 11) is 1.66. The molecule has 1 aliphatic carbocycles. The number of carbonyl (C=O) groups is 1. The molecule has 1 aromatic carbocycles. The summed E-state index contributed by atoms with van der Waals surface area (Å²) in [6, 6.07) is 13.2. The molecule has 142 valence electrons. The van der Waals surface area contributed by atoms with Crippen molar-refractivity contribution in [1.29, 1.82) is 0 Å². The number of thiocarbonyl (C=S) groups is 1. The van der Waals surface area contributed by atoms with E-state index in [4.69, 9.17) is 17.0 Å². The minimum absolute atomic E-state index is 0.236. The zero-order valence-electron chi connectivity index (χ0n) is 15.4. The Morgan fingerprint density at radius 2 is 1.89 bits per heavy atom. The fourth-order valence-electron chi connectivity index (χ4n) is 3.03. The number of benzene rings is 1. The largest absolute Gasteiger partial charge is 0.420 e. The Balaban J connectivity index is 1.50. The third-order valence-corrected chi connectivity index (χ3v) is 4.76. The van der Waals surface area contributed by atoms with Gasteiger partial charge in [-0.1, -0.05) is 37.5 Å². The van der Waals surface area contributed by atoms with E-state index in [0.29, 0.717) is 11.2 Å². The number of amides is 1. The Kier molecular flexibility index (Phi) is 6.59. The van der Waals surface area contributed by atoms with Crippen molar-refractivity contribution in [3.05, 3.63) is 48.7 Å². The molecule has 0 unspecified atom stereocenters. The van der Waals surface area contributed by atoms with Gasteiger partial charge in [0.15, 0.2) is 5.11 Å². The highest BCUT2D eigenvalue weighted by Gasteiger charge is 2.15. The Bertz CT molecular complexity index is 761. The first kappa shape index (κ1) is 19.1. The minimum Gasteiger partial charge on any atom is -0.391 e. The summed E-state index contributed by atoms with van der Waals surface area (Å²) in [4.78, 5) is 17.8. The van der Waals surface area contributed by atoms with Crippen LogP contribution in [0.2, 0.25) is 0 Å². The van der Waals surface area contributed by atoms with Crippen LogP contribution in [-0.4, -0.2) is 29.3 Å².